The third-order valence-electron chi connectivity index (χ3n) is 7.18. The second kappa shape index (κ2) is 11.1. The maximum atomic E-state index is 12.9. The molecule has 2 saturated heterocycles. The highest BCUT2D eigenvalue weighted by Gasteiger charge is 2.23. The van der Waals surface area contributed by atoms with E-state index in [1.54, 1.807) is 0 Å². The Kier molecular flexibility index (Phi) is 7.47. The summed E-state index contributed by atoms with van der Waals surface area (Å²) in [6.45, 7) is 9.74. The Labute approximate surface area is 213 Å². The van der Waals surface area contributed by atoms with Gasteiger partial charge < -0.3 is 29.1 Å². The van der Waals surface area contributed by atoms with E-state index < -0.39 is 0 Å². The Morgan fingerprint density at radius 1 is 0.778 bits per heavy atom. The molecule has 2 aliphatic heterocycles. The summed E-state index contributed by atoms with van der Waals surface area (Å²) >= 11 is 0. The number of likely N-dealkylation sites (N-methyl/N-ethyl adjacent to an activating group) is 1. The van der Waals surface area contributed by atoms with Crippen LogP contribution in [0.15, 0.2) is 60.7 Å². The number of benzene rings is 3. The van der Waals surface area contributed by atoms with Crippen molar-refractivity contribution in [2.24, 2.45) is 0 Å². The van der Waals surface area contributed by atoms with Crippen molar-refractivity contribution in [3.05, 3.63) is 60.7 Å². The largest absolute Gasteiger partial charge is 0.492 e. The quantitative estimate of drug-likeness (QED) is 0.505. The van der Waals surface area contributed by atoms with E-state index >= 15 is 0 Å². The molecular formula is C29H36N4O3. The summed E-state index contributed by atoms with van der Waals surface area (Å²) in [5.74, 6) is 1.66. The molecule has 7 nitrogen and oxygen atoms in total. The van der Waals surface area contributed by atoms with Crippen LogP contribution < -0.4 is 19.3 Å². The highest BCUT2D eigenvalue weighted by atomic mass is 16.5. The molecule has 7 heteroatoms. The van der Waals surface area contributed by atoms with Gasteiger partial charge in [0.25, 0.3) is 5.91 Å². The van der Waals surface area contributed by atoms with Gasteiger partial charge in [-0.05, 0) is 49.7 Å². The summed E-state index contributed by atoms with van der Waals surface area (Å²) in [5, 5.41) is 2.36. The van der Waals surface area contributed by atoms with Crippen LogP contribution in [0.2, 0.25) is 0 Å². The van der Waals surface area contributed by atoms with Gasteiger partial charge in [0.2, 0.25) is 0 Å². The van der Waals surface area contributed by atoms with E-state index in [2.05, 4.69) is 58.1 Å². The molecule has 0 atom stereocenters. The maximum absolute atomic E-state index is 12.9. The topological polar surface area (TPSA) is 48.5 Å². The van der Waals surface area contributed by atoms with Gasteiger partial charge in [0.05, 0.1) is 12.3 Å². The predicted molar refractivity (Wildman–Crippen MR) is 146 cm³/mol. The van der Waals surface area contributed by atoms with E-state index in [1.807, 2.05) is 36.1 Å². The first-order chi connectivity index (χ1) is 17.6. The second-order valence-electron chi connectivity index (χ2n) is 9.51. The normalized spacial score (nSPS) is 16.9. The van der Waals surface area contributed by atoms with Crippen LogP contribution in [0.1, 0.15) is 6.92 Å². The van der Waals surface area contributed by atoms with Crippen molar-refractivity contribution in [3.63, 3.8) is 0 Å². The van der Waals surface area contributed by atoms with Crippen LogP contribution in [-0.4, -0.2) is 88.3 Å². The summed E-state index contributed by atoms with van der Waals surface area (Å²) in [6.07, 6.45) is 0. The molecule has 2 fully saturated rings. The number of piperazine rings is 2. The van der Waals surface area contributed by atoms with Crippen LogP contribution >= 0.6 is 0 Å². The lowest BCUT2D eigenvalue weighted by Crippen LogP contribution is -2.50. The highest BCUT2D eigenvalue weighted by Crippen LogP contribution is 2.31. The van der Waals surface area contributed by atoms with E-state index in [-0.39, 0.29) is 12.5 Å². The van der Waals surface area contributed by atoms with E-state index in [9.17, 15) is 4.79 Å². The van der Waals surface area contributed by atoms with Gasteiger partial charge in [-0.25, -0.2) is 0 Å². The number of carbonyl (C=O) groups excluding carboxylic acids is 1. The molecule has 0 bridgehead atoms. The zero-order valence-corrected chi connectivity index (χ0v) is 21.4. The number of carbonyl (C=O) groups is 1. The van der Waals surface area contributed by atoms with Crippen LogP contribution in [0.3, 0.4) is 0 Å². The first-order valence-electron chi connectivity index (χ1n) is 13.0. The van der Waals surface area contributed by atoms with E-state index in [0.29, 0.717) is 19.7 Å². The molecular weight excluding hydrogens is 452 g/mol. The van der Waals surface area contributed by atoms with Gasteiger partial charge in [0.15, 0.2) is 6.61 Å². The minimum atomic E-state index is 0.0280. The Hall–Kier alpha value is -3.45. The van der Waals surface area contributed by atoms with Crippen molar-refractivity contribution >= 4 is 28.1 Å². The number of para-hydroxylation sites is 2. The van der Waals surface area contributed by atoms with Crippen molar-refractivity contribution in [2.45, 2.75) is 6.92 Å². The van der Waals surface area contributed by atoms with Crippen molar-refractivity contribution in [1.29, 1.82) is 0 Å². The van der Waals surface area contributed by atoms with Crippen molar-refractivity contribution < 1.29 is 14.3 Å². The van der Waals surface area contributed by atoms with Crippen LogP contribution in [0.4, 0.5) is 11.4 Å². The Bertz CT molecular complexity index is 1180. The SMILES string of the molecule is CCOc1ccccc1N1CCN(C(=O)COc2ccc3cccc(N4CCN(C)CC4)c3c2)CC1. The van der Waals surface area contributed by atoms with E-state index in [4.69, 9.17) is 9.47 Å². The summed E-state index contributed by atoms with van der Waals surface area (Å²) in [5.41, 5.74) is 2.33. The average molecular weight is 489 g/mol. The predicted octanol–water partition coefficient (Wildman–Crippen LogP) is 3.72. The third kappa shape index (κ3) is 5.36. The first kappa shape index (κ1) is 24.3. The summed E-state index contributed by atoms with van der Waals surface area (Å²) < 4.78 is 11.8. The number of rotatable bonds is 7. The fourth-order valence-corrected chi connectivity index (χ4v) is 5.08. The smallest absolute Gasteiger partial charge is 0.260 e. The van der Waals surface area contributed by atoms with Crippen LogP contribution in [0, 0.1) is 0 Å². The van der Waals surface area contributed by atoms with Crippen molar-refractivity contribution in [2.75, 3.05) is 82.4 Å². The van der Waals surface area contributed by atoms with Crippen molar-refractivity contribution in [1.82, 2.24) is 9.80 Å². The van der Waals surface area contributed by atoms with Crippen LogP contribution in [0.5, 0.6) is 11.5 Å². The fraction of sp³-hybridized carbons (Fsp3) is 0.414. The standard InChI is InChI=1S/C29H36N4O3/c1-3-35-28-10-5-4-8-27(28)32-17-19-33(20-18-32)29(34)22-36-24-12-11-23-7-6-9-26(25(23)21-24)31-15-13-30(2)14-16-31/h4-12,21H,3,13-20,22H2,1-2H3. The molecule has 3 aromatic rings. The molecule has 2 aliphatic rings. The molecule has 0 aliphatic carbocycles. The first-order valence-corrected chi connectivity index (χ1v) is 13.0. The van der Waals surface area contributed by atoms with Gasteiger partial charge in [-0.3, -0.25) is 4.79 Å². The molecule has 0 N–H and O–H groups in total. The number of hydrogen-bond donors (Lipinski definition) is 0. The lowest BCUT2D eigenvalue weighted by molar-refractivity contribution is -0.133. The number of nitrogens with zero attached hydrogens (tertiary/aromatic N) is 4. The number of fused-ring (bicyclic) bond motifs is 1. The zero-order valence-electron chi connectivity index (χ0n) is 21.4. The lowest BCUT2D eigenvalue weighted by atomic mass is 10.1. The number of hydrogen-bond acceptors (Lipinski definition) is 6. The third-order valence-corrected chi connectivity index (χ3v) is 7.18. The maximum Gasteiger partial charge on any atom is 0.260 e. The molecule has 1 amide bonds. The van der Waals surface area contributed by atoms with Gasteiger partial charge in [-0.2, -0.15) is 0 Å². The Balaban J connectivity index is 1.19. The molecule has 36 heavy (non-hydrogen) atoms. The fourth-order valence-electron chi connectivity index (χ4n) is 5.08. The Morgan fingerprint density at radius 3 is 2.25 bits per heavy atom. The molecule has 0 saturated carbocycles. The summed E-state index contributed by atoms with van der Waals surface area (Å²) in [7, 11) is 2.17. The molecule has 2 heterocycles. The molecule has 3 aromatic carbocycles. The van der Waals surface area contributed by atoms with E-state index in [0.717, 1.165) is 56.5 Å². The monoisotopic (exact) mass is 488 g/mol. The Morgan fingerprint density at radius 2 is 1.47 bits per heavy atom. The highest BCUT2D eigenvalue weighted by molar-refractivity contribution is 5.95. The molecule has 0 aromatic heterocycles. The van der Waals surface area contributed by atoms with Gasteiger partial charge in [0.1, 0.15) is 11.5 Å². The molecule has 5 rings (SSSR count). The minimum Gasteiger partial charge on any atom is -0.492 e. The zero-order chi connectivity index (χ0) is 24.9. The second-order valence-corrected chi connectivity index (χ2v) is 9.51. The van der Waals surface area contributed by atoms with Crippen LogP contribution in [0.25, 0.3) is 10.8 Å². The molecule has 0 unspecified atom stereocenters. The summed E-state index contributed by atoms with van der Waals surface area (Å²) in [6, 6.07) is 20.7. The number of anilines is 2. The average Bonchev–Trinajstić information content (AvgIpc) is 2.92. The van der Waals surface area contributed by atoms with Gasteiger partial charge in [-0.1, -0.05) is 30.3 Å². The van der Waals surface area contributed by atoms with E-state index in [1.165, 1.54) is 16.5 Å². The molecule has 0 radical (unpaired) electrons. The minimum absolute atomic E-state index is 0.0280. The molecule has 190 valence electrons. The van der Waals surface area contributed by atoms with Gasteiger partial charge in [-0.15, -0.1) is 0 Å². The van der Waals surface area contributed by atoms with Crippen LogP contribution in [-0.2, 0) is 4.79 Å². The number of amides is 1. The van der Waals surface area contributed by atoms with Gasteiger partial charge >= 0.3 is 0 Å². The summed E-state index contributed by atoms with van der Waals surface area (Å²) in [4.78, 5) is 21.9. The lowest BCUT2D eigenvalue weighted by Gasteiger charge is -2.36. The molecule has 0 spiro atoms. The number of ether oxygens (including phenoxy) is 2. The van der Waals surface area contributed by atoms with Crippen molar-refractivity contribution in [3.8, 4) is 11.5 Å². The van der Waals surface area contributed by atoms with Gasteiger partial charge in [0, 0.05) is 63.4 Å².